The van der Waals surface area contributed by atoms with Gasteiger partial charge >= 0.3 is 0 Å². The zero-order valence-corrected chi connectivity index (χ0v) is 17.3. The number of thioether (sulfide) groups is 1. The van der Waals surface area contributed by atoms with Crippen molar-refractivity contribution in [1.29, 1.82) is 0 Å². The number of phenols is 1. The van der Waals surface area contributed by atoms with Gasteiger partial charge in [-0.15, -0.1) is 0 Å². The third-order valence-electron chi connectivity index (χ3n) is 3.92. The van der Waals surface area contributed by atoms with Gasteiger partial charge in [0, 0.05) is 5.56 Å². The Bertz CT molecular complexity index is 989. The number of aromatic hydroxyl groups is 1. The van der Waals surface area contributed by atoms with Crippen LogP contribution in [0.15, 0.2) is 47.4 Å². The van der Waals surface area contributed by atoms with Gasteiger partial charge in [-0.2, -0.15) is 5.01 Å². The van der Waals surface area contributed by atoms with Crippen molar-refractivity contribution in [3.05, 3.63) is 58.5 Å². The average molecular weight is 431 g/mol. The maximum absolute atomic E-state index is 12.7. The monoisotopic (exact) mass is 430 g/mol. The number of amides is 2. The highest BCUT2D eigenvalue weighted by Crippen LogP contribution is 2.34. The molecule has 1 aliphatic heterocycles. The first-order chi connectivity index (χ1) is 13.9. The van der Waals surface area contributed by atoms with E-state index in [1.165, 1.54) is 24.3 Å². The number of carbonyl (C=O) groups excluding carboxylic acids is 2. The third-order valence-corrected chi connectivity index (χ3v) is 5.22. The topological polar surface area (TPSA) is 88.1 Å². The predicted molar refractivity (Wildman–Crippen MR) is 115 cm³/mol. The molecule has 0 aliphatic carbocycles. The summed E-state index contributed by atoms with van der Waals surface area (Å²) in [5.41, 5.74) is 3.52. The largest absolute Gasteiger partial charge is 0.508 e. The Kier molecular flexibility index (Phi) is 6.40. The number of carbonyl (C=O) groups is 2. The quantitative estimate of drug-likeness (QED) is 0.537. The number of phenolic OH excluding ortho intramolecular Hbond substituents is 1. The molecule has 3 rings (SSSR count). The fourth-order valence-corrected chi connectivity index (χ4v) is 3.72. The minimum atomic E-state index is -0.509. The van der Waals surface area contributed by atoms with Crippen LogP contribution in [0.2, 0.25) is 0 Å². The number of methoxy groups -OCH3 is 1. The molecule has 150 valence electrons. The average Bonchev–Trinajstić information content (AvgIpc) is 2.97. The number of hydrogen-bond donors (Lipinski definition) is 2. The van der Waals surface area contributed by atoms with E-state index in [1.807, 2.05) is 6.92 Å². The second-order valence-corrected chi connectivity index (χ2v) is 7.52. The zero-order chi connectivity index (χ0) is 21.0. The van der Waals surface area contributed by atoms with Crippen LogP contribution in [0, 0.1) is 0 Å². The van der Waals surface area contributed by atoms with Crippen molar-refractivity contribution in [2.24, 2.45) is 0 Å². The Morgan fingerprint density at radius 2 is 1.97 bits per heavy atom. The number of hydrogen-bond acceptors (Lipinski definition) is 7. The molecule has 1 saturated heterocycles. The first-order valence-electron chi connectivity index (χ1n) is 8.61. The Hall–Kier alpha value is -3.04. The SMILES string of the molecule is CCOc1ccc(/C=C2\SC(=S)N(NC(=O)c3ccc(O)cc3)C2=O)cc1OC. The third kappa shape index (κ3) is 4.69. The van der Waals surface area contributed by atoms with Gasteiger partial charge in [0.2, 0.25) is 0 Å². The summed E-state index contributed by atoms with van der Waals surface area (Å²) in [5.74, 6) is 0.267. The Balaban J connectivity index is 1.77. The summed E-state index contributed by atoms with van der Waals surface area (Å²) < 4.78 is 11.0. The number of benzene rings is 2. The molecule has 2 amide bonds. The molecular formula is C20H18N2O5S2. The molecule has 0 spiro atoms. The first-order valence-corrected chi connectivity index (χ1v) is 9.84. The number of thiocarbonyl (C=S) groups is 1. The molecule has 9 heteroatoms. The molecule has 0 unspecified atom stereocenters. The van der Waals surface area contributed by atoms with Gasteiger partial charge in [0.1, 0.15) is 5.75 Å². The van der Waals surface area contributed by atoms with Gasteiger partial charge in [0.15, 0.2) is 15.8 Å². The highest BCUT2D eigenvalue weighted by atomic mass is 32.2. The number of nitrogens with zero attached hydrogens (tertiary/aromatic N) is 1. The van der Waals surface area contributed by atoms with Crippen LogP contribution >= 0.6 is 24.0 Å². The molecule has 0 saturated carbocycles. The Labute approximate surface area is 177 Å². The standard InChI is InChI=1S/C20H18N2O5S2/c1-3-27-15-9-4-12(10-16(15)26-2)11-17-19(25)22(20(28)29-17)21-18(24)13-5-7-14(23)8-6-13/h4-11,23H,3H2,1-2H3,(H,21,24)/b17-11-. The zero-order valence-electron chi connectivity index (χ0n) is 15.7. The second-order valence-electron chi connectivity index (χ2n) is 5.85. The smallest absolute Gasteiger partial charge is 0.285 e. The minimum absolute atomic E-state index is 0.0425. The maximum atomic E-state index is 12.7. The lowest BCUT2D eigenvalue weighted by atomic mass is 10.2. The van der Waals surface area contributed by atoms with Gasteiger partial charge in [0.25, 0.3) is 11.8 Å². The molecule has 0 bridgehead atoms. The van der Waals surface area contributed by atoms with Crippen molar-refractivity contribution in [2.45, 2.75) is 6.92 Å². The highest BCUT2D eigenvalue weighted by molar-refractivity contribution is 8.26. The summed E-state index contributed by atoms with van der Waals surface area (Å²) in [6, 6.07) is 11.0. The van der Waals surface area contributed by atoms with Gasteiger partial charge in [-0.3, -0.25) is 15.0 Å². The molecule has 2 aromatic rings. The van der Waals surface area contributed by atoms with Crippen LogP contribution in [0.25, 0.3) is 6.08 Å². The first kappa shape index (κ1) is 20.7. The predicted octanol–water partition coefficient (Wildman–Crippen LogP) is 3.35. The van der Waals surface area contributed by atoms with Crippen LogP contribution in [0.4, 0.5) is 0 Å². The normalized spacial score (nSPS) is 15.0. The van der Waals surface area contributed by atoms with Gasteiger partial charge in [-0.25, -0.2) is 0 Å². The van der Waals surface area contributed by atoms with Gasteiger partial charge in [-0.05, 0) is 67.2 Å². The molecule has 2 N–H and O–H groups in total. The lowest BCUT2D eigenvalue weighted by Gasteiger charge is -2.15. The molecule has 29 heavy (non-hydrogen) atoms. The summed E-state index contributed by atoms with van der Waals surface area (Å²) in [7, 11) is 1.54. The van der Waals surface area contributed by atoms with Crippen molar-refractivity contribution >= 4 is 46.2 Å². The molecule has 0 radical (unpaired) electrons. The van der Waals surface area contributed by atoms with Gasteiger partial charge in [-0.1, -0.05) is 17.8 Å². The van der Waals surface area contributed by atoms with Crippen LogP contribution in [0.3, 0.4) is 0 Å². The molecule has 0 aromatic heterocycles. The van der Waals surface area contributed by atoms with Gasteiger partial charge < -0.3 is 14.6 Å². The molecule has 0 atom stereocenters. The van der Waals surface area contributed by atoms with E-state index in [4.69, 9.17) is 21.7 Å². The summed E-state index contributed by atoms with van der Waals surface area (Å²) in [5, 5.41) is 10.4. The van der Waals surface area contributed by atoms with E-state index in [2.05, 4.69) is 5.43 Å². The van der Waals surface area contributed by atoms with Crippen molar-refractivity contribution in [3.8, 4) is 17.2 Å². The lowest BCUT2D eigenvalue weighted by Crippen LogP contribution is -2.44. The number of hydrazine groups is 1. The Morgan fingerprint density at radius 1 is 1.24 bits per heavy atom. The van der Waals surface area contributed by atoms with Gasteiger partial charge in [0.05, 0.1) is 18.6 Å². The highest BCUT2D eigenvalue weighted by Gasteiger charge is 2.33. The second kappa shape index (κ2) is 8.97. The molecule has 1 aliphatic rings. The van der Waals surface area contributed by atoms with Crippen molar-refractivity contribution in [3.63, 3.8) is 0 Å². The van der Waals surface area contributed by atoms with E-state index in [0.717, 1.165) is 22.3 Å². The number of nitrogens with one attached hydrogen (secondary N) is 1. The molecule has 1 heterocycles. The van der Waals surface area contributed by atoms with E-state index in [1.54, 1.807) is 31.4 Å². The van der Waals surface area contributed by atoms with E-state index >= 15 is 0 Å². The Morgan fingerprint density at radius 3 is 2.62 bits per heavy atom. The summed E-state index contributed by atoms with van der Waals surface area (Å²) in [4.78, 5) is 25.4. The van der Waals surface area contributed by atoms with Crippen LogP contribution in [0.5, 0.6) is 17.2 Å². The van der Waals surface area contributed by atoms with Crippen LogP contribution in [-0.2, 0) is 4.79 Å². The van der Waals surface area contributed by atoms with Crippen LogP contribution < -0.4 is 14.9 Å². The van der Waals surface area contributed by atoms with E-state index in [9.17, 15) is 14.7 Å². The van der Waals surface area contributed by atoms with Crippen molar-refractivity contribution < 1.29 is 24.2 Å². The summed E-state index contributed by atoms with van der Waals surface area (Å²) in [6.45, 7) is 2.39. The summed E-state index contributed by atoms with van der Waals surface area (Å²) >= 11 is 6.32. The molecular weight excluding hydrogens is 412 g/mol. The molecule has 7 nitrogen and oxygen atoms in total. The molecule has 2 aromatic carbocycles. The van der Waals surface area contributed by atoms with E-state index in [-0.39, 0.29) is 15.6 Å². The lowest BCUT2D eigenvalue weighted by molar-refractivity contribution is -0.123. The van der Waals surface area contributed by atoms with Crippen molar-refractivity contribution in [2.75, 3.05) is 13.7 Å². The number of rotatable bonds is 6. The number of ether oxygens (including phenoxy) is 2. The van der Waals surface area contributed by atoms with E-state index < -0.39 is 11.8 Å². The van der Waals surface area contributed by atoms with Crippen LogP contribution in [0.1, 0.15) is 22.8 Å². The summed E-state index contributed by atoms with van der Waals surface area (Å²) in [6.07, 6.45) is 1.67. The van der Waals surface area contributed by atoms with Crippen LogP contribution in [-0.4, -0.2) is 40.0 Å². The maximum Gasteiger partial charge on any atom is 0.285 e. The van der Waals surface area contributed by atoms with E-state index in [0.29, 0.717) is 23.0 Å². The minimum Gasteiger partial charge on any atom is -0.508 e. The fourth-order valence-electron chi connectivity index (χ4n) is 2.54. The van der Waals surface area contributed by atoms with Crippen molar-refractivity contribution in [1.82, 2.24) is 10.4 Å². The molecule has 1 fully saturated rings. The fraction of sp³-hybridized carbons (Fsp3) is 0.150.